The summed E-state index contributed by atoms with van der Waals surface area (Å²) in [6.45, 7) is 0. The number of rotatable bonds is 12. The SMILES string of the molecule is [Si]CCCCCC[Si]CCCCCC[Si]. The fraction of sp³-hybridized carbons (Fsp3) is 1.00. The first kappa shape index (κ1) is 15.7. The van der Waals surface area contributed by atoms with Crippen LogP contribution in [0.25, 0.3) is 0 Å². The van der Waals surface area contributed by atoms with Crippen LogP contribution in [0, 0.1) is 0 Å². The first-order chi connectivity index (χ1) is 7.41. The third kappa shape index (κ3) is 14.7. The number of hydrogen-bond donors (Lipinski definition) is 0. The third-order valence-electron chi connectivity index (χ3n) is 2.56. The van der Waals surface area contributed by atoms with Crippen LogP contribution in [0.3, 0.4) is 0 Å². The highest BCUT2D eigenvalue weighted by Crippen LogP contribution is 2.08. The second-order valence-corrected chi connectivity index (χ2v) is 6.58. The first-order valence-corrected chi connectivity index (χ1v) is 9.24. The molecule has 0 rings (SSSR count). The van der Waals surface area contributed by atoms with E-state index in [4.69, 9.17) is 0 Å². The summed E-state index contributed by atoms with van der Waals surface area (Å²) in [6.07, 6.45) is 11.4. The van der Waals surface area contributed by atoms with Gasteiger partial charge in [-0.2, -0.15) is 0 Å². The van der Waals surface area contributed by atoms with Crippen molar-refractivity contribution in [3.8, 4) is 0 Å². The van der Waals surface area contributed by atoms with Crippen LogP contribution in [0.5, 0.6) is 0 Å². The first-order valence-electron chi connectivity index (χ1n) is 6.41. The van der Waals surface area contributed by atoms with Crippen LogP contribution in [0.1, 0.15) is 51.4 Å². The lowest BCUT2D eigenvalue weighted by Crippen LogP contribution is -1.90. The van der Waals surface area contributed by atoms with Crippen molar-refractivity contribution in [3.05, 3.63) is 0 Å². The molecule has 0 amide bonds. The molecule has 0 saturated heterocycles. The van der Waals surface area contributed by atoms with Crippen molar-refractivity contribution in [2.75, 3.05) is 0 Å². The lowest BCUT2D eigenvalue weighted by molar-refractivity contribution is 0.689. The summed E-state index contributed by atoms with van der Waals surface area (Å²) >= 11 is 0. The Bertz CT molecular complexity index is 95.0. The van der Waals surface area contributed by atoms with E-state index < -0.39 is 0 Å². The van der Waals surface area contributed by atoms with Crippen LogP contribution in [-0.2, 0) is 0 Å². The molecule has 0 fully saturated rings. The van der Waals surface area contributed by atoms with E-state index in [2.05, 4.69) is 20.5 Å². The van der Waals surface area contributed by atoms with Gasteiger partial charge in [0.25, 0.3) is 0 Å². The van der Waals surface area contributed by atoms with Gasteiger partial charge < -0.3 is 0 Å². The van der Waals surface area contributed by atoms with Gasteiger partial charge in [0.15, 0.2) is 0 Å². The summed E-state index contributed by atoms with van der Waals surface area (Å²) in [5.74, 6) is 0. The average Bonchev–Trinajstić information content (AvgIpc) is 2.26. The second-order valence-electron chi connectivity index (χ2n) is 4.08. The Morgan fingerprint density at radius 1 is 0.533 bits per heavy atom. The van der Waals surface area contributed by atoms with Crippen molar-refractivity contribution >= 4 is 30.0 Å². The zero-order valence-electron chi connectivity index (χ0n) is 9.99. The zero-order chi connectivity index (χ0) is 11.2. The van der Waals surface area contributed by atoms with E-state index in [0.717, 1.165) is 0 Å². The summed E-state index contributed by atoms with van der Waals surface area (Å²) in [5, 5.41) is 0. The van der Waals surface area contributed by atoms with Gasteiger partial charge in [-0.25, -0.2) is 0 Å². The van der Waals surface area contributed by atoms with E-state index >= 15 is 0 Å². The van der Waals surface area contributed by atoms with Crippen LogP contribution in [0.4, 0.5) is 0 Å². The van der Waals surface area contributed by atoms with E-state index in [-0.39, 0.29) is 0 Å². The Morgan fingerprint density at radius 3 is 1.33 bits per heavy atom. The molecule has 15 heavy (non-hydrogen) atoms. The Morgan fingerprint density at radius 2 is 0.933 bits per heavy atom. The van der Waals surface area contributed by atoms with Crippen LogP contribution in [0.2, 0.25) is 24.2 Å². The molecule has 0 unspecified atom stereocenters. The number of hydrogen-bond acceptors (Lipinski definition) is 0. The minimum atomic E-state index is 1.18. The van der Waals surface area contributed by atoms with Gasteiger partial charge in [0.1, 0.15) is 0 Å². The molecule has 0 aromatic carbocycles. The maximum atomic E-state index is 3.52. The summed E-state index contributed by atoms with van der Waals surface area (Å²) in [7, 11) is 8.26. The summed E-state index contributed by atoms with van der Waals surface area (Å²) in [5.41, 5.74) is 0. The van der Waals surface area contributed by atoms with E-state index in [1.807, 2.05) is 0 Å². The van der Waals surface area contributed by atoms with Gasteiger partial charge in [0, 0.05) is 30.0 Å². The maximum absolute atomic E-state index is 3.52. The maximum Gasteiger partial charge on any atom is 0.0378 e. The van der Waals surface area contributed by atoms with Crippen molar-refractivity contribution in [2.45, 2.75) is 75.5 Å². The van der Waals surface area contributed by atoms with Crippen molar-refractivity contribution < 1.29 is 0 Å². The van der Waals surface area contributed by atoms with Crippen molar-refractivity contribution in [1.29, 1.82) is 0 Å². The van der Waals surface area contributed by atoms with Crippen molar-refractivity contribution in [1.82, 2.24) is 0 Å². The van der Waals surface area contributed by atoms with E-state index in [0.29, 0.717) is 0 Å². The lowest BCUT2D eigenvalue weighted by atomic mass is 10.2. The molecule has 3 heteroatoms. The zero-order valence-corrected chi connectivity index (χ0v) is 13.0. The minimum absolute atomic E-state index is 1.18. The Labute approximate surface area is 106 Å². The van der Waals surface area contributed by atoms with Crippen molar-refractivity contribution in [2.24, 2.45) is 0 Å². The molecule has 0 spiro atoms. The molecule has 0 aromatic rings. The standard InChI is InChI=1S/C12H24Si3/c13-9-5-1-3-7-11-15-12-8-4-2-6-10-14/h1-12H2. The predicted octanol–water partition coefficient (Wildman–Crippen LogP) is 3.82. The predicted molar refractivity (Wildman–Crippen MR) is 73.4 cm³/mol. The van der Waals surface area contributed by atoms with Crippen LogP contribution < -0.4 is 0 Å². The highest BCUT2D eigenvalue weighted by Gasteiger charge is 1.93. The monoisotopic (exact) mass is 252 g/mol. The Balaban J connectivity index is 2.81. The summed E-state index contributed by atoms with van der Waals surface area (Å²) in [6, 6.07) is 5.32. The quantitative estimate of drug-likeness (QED) is 0.366. The Kier molecular flexibility index (Phi) is 15.3. The van der Waals surface area contributed by atoms with Crippen LogP contribution in [0.15, 0.2) is 0 Å². The summed E-state index contributed by atoms with van der Waals surface area (Å²) in [4.78, 5) is 0. The molecule has 0 aliphatic rings. The topological polar surface area (TPSA) is 0 Å². The van der Waals surface area contributed by atoms with E-state index in [9.17, 15) is 0 Å². The molecule has 0 bridgehead atoms. The molecular weight excluding hydrogens is 228 g/mol. The Hall–Kier alpha value is 0.651. The van der Waals surface area contributed by atoms with Gasteiger partial charge in [0.05, 0.1) is 0 Å². The lowest BCUT2D eigenvalue weighted by Gasteiger charge is -2.01. The molecule has 0 aliphatic carbocycles. The molecule has 0 aromatic heterocycles. The second kappa shape index (κ2) is 14.7. The van der Waals surface area contributed by atoms with Gasteiger partial charge in [0.2, 0.25) is 0 Å². The highest BCUT2D eigenvalue weighted by molar-refractivity contribution is 6.35. The smallest absolute Gasteiger partial charge is 0.0378 e. The molecule has 0 N–H and O–H groups in total. The van der Waals surface area contributed by atoms with Crippen LogP contribution in [-0.4, -0.2) is 30.0 Å². The minimum Gasteiger partial charge on any atom is -0.0638 e. The molecule has 0 aliphatic heterocycles. The highest BCUT2D eigenvalue weighted by atomic mass is 28.2. The average molecular weight is 253 g/mol. The third-order valence-corrected chi connectivity index (χ3v) is 4.68. The fourth-order valence-corrected chi connectivity index (χ4v) is 3.33. The largest absolute Gasteiger partial charge is 0.0638 e. The van der Waals surface area contributed by atoms with Crippen LogP contribution >= 0.6 is 0 Å². The molecular formula is C12H24Si3. The van der Waals surface area contributed by atoms with E-state index in [1.165, 1.54) is 85.1 Å². The van der Waals surface area contributed by atoms with Crippen molar-refractivity contribution in [3.63, 3.8) is 0 Å². The molecule has 0 heterocycles. The van der Waals surface area contributed by atoms with Gasteiger partial charge in [-0.1, -0.05) is 75.5 Å². The molecule has 0 atom stereocenters. The summed E-state index contributed by atoms with van der Waals surface area (Å²) < 4.78 is 0. The number of unbranched alkanes of at least 4 members (excludes halogenated alkanes) is 6. The van der Waals surface area contributed by atoms with Gasteiger partial charge in [-0.05, 0) is 0 Å². The molecule has 8 radical (unpaired) electrons. The van der Waals surface area contributed by atoms with Gasteiger partial charge in [-0.15, -0.1) is 0 Å². The van der Waals surface area contributed by atoms with Gasteiger partial charge >= 0.3 is 0 Å². The normalized spacial score (nSPS) is 10.8. The van der Waals surface area contributed by atoms with Gasteiger partial charge in [-0.3, -0.25) is 0 Å². The van der Waals surface area contributed by atoms with E-state index in [1.54, 1.807) is 0 Å². The molecule has 0 saturated carbocycles. The fourth-order valence-electron chi connectivity index (χ4n) is 1.58. The molecule has 84 valence electrons. The molecule has 0 nitrogen and oxygen atoms in total.